The number of hydrogen-bond donors (Lipinski definition) is 1. The molecule has 6 nitrogen and oxygen atoms in total. The number of rotatable bonds is 5. The number of carbonyl (C=O) groups is 2. The summed E-state index contributed by atoms with van der Waals surface area (Å²) >= 11 is 7.34. The Kier molecular flexibility index (Phi) is 6.80. The number of aryl methyl sites for hydroxylation is 2. The van der Waals surface area contributed by atoms with Gasteiger partial charge in [0.2, 0.25) is 11.8 Å². The highest BCUT2D eigenvalue weighted by molar-refractivity contribution is 8.15. The zero-order valence-electron chi connectivity index (χ0n) is 16.9. The van der Waals surface area contributed by atoms with Gasteiger partial charge in [0.05, 0.1) is 16.3 Å². The standard InChI is InChI=1S/C22H21ClN4O2S/c1-4-27-21(29)19(11-20(28)25-16-7-5-13(2)14(3)9-16)30-22(27)26-17-8-6-15(12-24)18(23)10-17/h5-10,19H,4,11H2,1-3H3,(H,25,28). The minimum absolute atomic E-state index is 0.0556. The molecule has 154 valence electrons. The summed E-state index contributed by atoms with van der Waals surface area (Å²) in [5.74, 6) is -0.362. The molecule has 0 spiro atoms. The van der Waals surface area contributed by atoms with Gasteiger partial charge in [-0.3, -0.25) is 14.5 Å². The normalized spacial score (nSPS) is 17.3. The number of nitrogens with zero attached hydrogens (tertiary/aromatic N) is 3. The smallest absolute Gasteiger partial charge is 0.242 e. The van der Waals surface area contributed by atoms with Gasteiger partial charge in [-0.2, -0.15) is 5.26 Å². The number of aliphatic imine (C=N–C) groups is 1. The van der Waals surface area contributed by atoms with Crippen LogP contribution in [0.5, 0.6) is 0 Å². The first-order chi connectivity index (χ1) is 14.3. The lowest BCUT2D eigenvalue weighted by molar-refractivity contribution is -0.128. The maximum Gasteiger partial charge on any atom is 0.242 e. The van der Waals surface area contributed by atoms with Crippen LogP contribution in [0.2, 0.25) is 5.02 Å². The van der Waals surface area contributed by atoms with Crippen molar-refractivity contribution < 1.29 is 9.59 Å². The van der Waals surface area contributed by atoms with E-state index >= 15 is 0 Å². The van der Waals surface area contributed by atoms with E-state index in [4.69, 9.17) is 16.9 Å². The summed E-state index contributed by atoms with van der Waals surface area (Å²) in [6.45, 7) is 6.30. The van der Waals surface area contributed by atoms with Crippen LogP contribution in [0, 0.1) is 25.2 Å². The molecule has 3 rings (SSSR count). The molecule has 0 bridgehead atoms. The molecule has 2 aromatic carbocycles. The Morgan fingerprint density at radius 2 is 2.03 bits per heavy atom. The van der Waals surface area contributed by atoms with E-state index in [0.717, 1.165) is 11.1 Å². The first kappa shape index (κ1) is 21.9. The average Bonchev–Trinajstić information content (AvgIpc) is 2.99. The molecular weight excluding hydrogens is 420 g/mol. The van der Waals surface area contributed by atoms with Crippen molar-refractivity contribution in [1.29, 1.82) is 5.26 Å². The number of thioether (sulfide) groups is 1. The zero-order chi connectivity index (χ0) is 21.8. The summed E-state index contributed by atoms with van der Waals surface area (Å²) in [6.07, 6.45) is 0.0556. The zero-order valence-corrected chi connectivity index (χ0v) is 18.5. The number of carbonyl (C=O) groups excluding carboxylic acids is 2. The van der Waals surface area contributed by atoms with E-state index in [2.05, 4.69) is 10.3 Å². The van der Waals surface area contributed by atoms with Gasteiger partial charge < -0.3 is 5.32 Å². The molecule has 1 fully saturated rings. The quantitative estimate of drug-likeness (QED) is 0.722. The molecule has 1 heterocycles. The van der Waals surface area contributed by atoms with Crippen molar-refractivity contribution in [2.45, 2.75) is 32.4 Å². The Hall–Kier alpha value is -2.82. The lowest BCUT2D eigenvalue weighted by atomic mass is 10.1. The highest BCUT2D eigenvalue weighted by Crippen LogP contribution is 2.32. The van der Waals surface area contributed by atoms with E-state index in [1.807, 2.05) is 45.0 Å². The van der Waals surface area contributed by atoms with Gasteiger partial charge in [-0.15, -0.1) is 0 Å². The number of nitrogens with one attached hydrogen (secondary N) is 1. The average molecular weight is 441 g/mol. The molecule has 30 heavy (non-hydrogen) atoms. The molecule has 0 aliphatic carbocycles. The molecule has 1 aliphatic rings. The molecule has 2 amide bonds. The number of benzene rings is 2. The van der Waals surface area contributed by atoms with Crippen LogP contribution in [-0.4, -0.2) is 33.7 Å². The fourth-order valence-electron chi connectivity index (χ4n) is 2.99. The second-order valence-corrected chi connectivity index (χ2v) is 8.49. The number of nitriles is 1. The number of amidine groups is 1. The molecule has 1 unspecified atom stereocenters. The molecule has 1 saturated heterocycles. The molecule has 0 aromatic heterocycles. The van der Waals surface area contributed by atoms with E-state index < -0.39 is 5.25 Å². The van der Waals surface area contributed by atoms with Gasteiger partial charge in [0.1, 0.15) is 11.3 Å². The van der Waals surface area contributed by atoms with Gasteiger partial charge in [0.15, 0.2) is 5.17 Å². The summed E-state index contributed by atoms with van der Waals surface area (Å²) < 4.78 is 0. The summed E-state index contributed by atoms with van der Waals surface area (Å²) in [5, 5.41) is 12.1. The van der Waals surface area contributed by atoms with E-state index in [-0.39, 0.29) is 18.2 Å². The van der Waals surface area contributed by atoms with Crippen LogP contribution in [0.25, 0.3) is 0 Å². The van der Waals surface area contributed by atoms with Crippen LogP contribution < -0.4 is 5.32 Å². The van der Waals surface area contributed by atoms with Crippen molar-refractivity contribution in [3.63, 3.8) is 0 Å². The van der Waals surface area contributed by atoms with Crippen LogP contribution in [0.15, 0.2) is 41.4 Å². The highest BCUT2D eigenvalue weighted by atomic mass is 35.5. The summed E-state index contributed by atoms with van der Waals surface area (Å²) in [6, 6.07) is 12.6. The van der Waals surface area contributed by atoms with Crippen LogP contribution in [0.3, 0.4) is 0 Å². The monoisotopic (exact) mass is 440 g/mol. The molecular formula is C22H21ClN4O2S. The number of anilines is 1. The minimum atomic E-state index is -0.538. The van der Waals surface area contributed by atoms with Gasteiger partial charge in [0, 0.05) is 18.7 Å². The third kappa shape index (κ3) is 4.84. The number of hydrogen-bond acceptors (Lipinski definition) is 5. The second-order valence-electron chi connectivity index (χ2n) is 6.91. The van der Waals surface area contributed by atoms with Crippen LogP contribution >= 0.6 is 23.4 Å². The van der Waals surface area contributed by atoms with Crippen LogP contribution in [0.1, 0.15) is 30.0 Å². The Morgan fingerprint density at radius 3 is 2.67 bits per heavy atom. The topological polar surface area (TPSA) is 85.6 Å². The van der Waals surface area contributed by atoms with Gasteiger partial charge in [-0.1, -0.05) is 29.4 Å². The van der Waals surface area contributed by atoms with Crippen molar-refractivity contribution in [1.82, 2.24) is 4.90 Å². The van der Waals surface area contributed by atoms with Crippen molar-refractivity contribution >= 4 is 51.7 Å². The molecule has 1 atom stereocenters. The fraction of sp³-hybridized carbons (Fsp3) is 0.273. The predicted molar refractivity (Wildman–Crippen MR) is 121 cm³/mol. The summed E-state index contributed by atoms with van der Waals surface area (Å²) in [4.78, 5) is 31.3. The molecule has 1 N–H and O–H groups in total. The fourth-order valence-corrected chi connectivity index (χ4v) is 4.43. The molecule has 0 radical (unpaired) electrons. The van der Waals surface area contributed by atoms with Gasteiger partial charge in [-0.25, -0.2) is 4.99 Å². The van der Waals surface area contributed by atoms with E-state index in [1.165, 1.54) is 11.8 Å². The van der Waals surface area contributed by atoms with Crippen LogP contribution in [0.4, 0.5) is 11.4 Å². The van der Waals surface area contributed by atoms with Crippen molar-refractivity contribution in [2.75, 3.05) is 11.9 Å². The van der Waals surface area contributed by atoms with E-state index in [0.29, 0.717) is 33.7 Å². The lowest BCUT2D eigenvalue weighted by Gasteiger charge is -2.13. The Morgan fingerprint density at radius 1 is 1.27 bits per heavy atom. The minimum Gasteiger partial charge on any atom is -0.326 e. The summed E-state index contributed by atoms with van der Waals surface area (Å²) in [7, 11) is 0. The molecule has 0 saturated carbocycles. The van der Waals surface area contributed by atoms with Crippen molar-refractivity contribution in [3.05, 3.63) is 58.1 Å². The Labute approximate surface area is 184 Å². The molecule has 8 heteroatoms. The van der Waals surface area contributed by atoms with Gasteiger partial charge >= 0.3 is 0 Å². The van der Waals surface area contributed by atoms with Gasteiger partial charge in [0.25, 0.3) is 0 Å². The summed E-state index contributed by atoms with van der Waals surface area (Å²) in [5.41, 5.74) is 3.87. The second kappa shape index (κ2) is 9.33. The van der Waals surface area contributed by atoms with E-state index in [9.17, 15) is 9.59 Å². The molecule has 1 aliphatic heterocycles. The van der Waals surface area contributed by atoms with Crippen LogP contribution in [-0.2, 0) is 9.59 Å². The van der Waals surface area contributed by atoms with Crippen molar-refractivity contribution in [3.8, 4) is 6.07 Å². The lowest BCUT2D eigenvalue weighted by Crippen LogP contribution is -2.33. The Balaban J connectivity index is 1.73. The Bertz CT molecular complexity index is 1080. The van der Waals surface area contributed by atoms with E-state index in [1.54, 1.807) is 23.1 Å². The third-order valence-electron chi connectivity index (χ3n) is 4.80. The maximum absolute atomic E-state index is 12.8. The number of halogens is 1. The van der Waals surface area contributed by atoms with Crippen molar-refractivity contribution in [2.24, 2.45) is 4.99 Å². The SMILES string of the molecule is CCN1C(=O)C(CC(=O)Nc2ccc(C)c(C)c2)SC1=Nc1ccc(C#N)c(Cl)c1. The first-order valence-corrected chi connectivity index (χ1v) is 10.7. The first-order valence-electron chi connectivity index (χ1n) is 9.45. The van der Waals surface area contributed by atoms with Gasteiger partial charge in [-0.05, 0) is 62.2 Å². The highest BCUT2D eigenvalue weighted by Gasteiger charge is 2.38. The molecule has 2 aromatic rings. The number of amides is 2. The maximum atomic E-state index is 12.8. The predicted octanol–water partition coefficient (Wildman–Crippen LogP) is 4.81. The third-order valence-corrected chi connectivity index (χ3v) is 6.28. The largest absolute Gasteiger partial charge is 0.326 e.